The Morgan fingerprint density at radius 3 is 1.31 bits per heavy atom. The quantitative estimate of drug-likeness (QED) is 0.357. The third-order valence-electron chi connectivity index (χ3n) is 5.64. The smallest absolute Gasteiger partial charge is 0.220 e. The molecule has 4 heteroatoms. The minimum atomic E-state index is 0.148. The highest BCUT2D eigenvalue weighted by Gasteiger charge is 2.09. The molecule has 0 unspecified atom stereocenters. The number of hydrogen-bond acceptors (Lipinski definition) is 2. The summed E-state index contributed by atoms with van der Waals surface area (Å²) in [5, 5.41) is 6.20. The zero-order valence-corrected chi connectivity index (χ0v) is 19.8. The van der Waals surface area contributed by atoms with E-state index in [1.54, 1.807) is 0 Å². The number of rotatable bonds is 15. The fourth-order valence-corrected chi connectivity index (χ4v) is 4.01. The molecule has 0 saturated heterocycles. The average molecular weight is 437 g/mol. The number of unbranched alkanes of at least 4 members (excludes halogenated alkanes) is 5. The first-order valence-electron chi connectivity index (χ1n) is 12.2. The van der Waals surface area contributed by atoms with Crippen LogP contribution in [0.1, 0.15) is 76.3 Å². The van der Waals surface area contributed by atoms with E-state index in [1.807, 2.05) is 36.4 Å². The van der Waals surface area contributed by atoms with Crippen LogP contribution >= 0.6 is 0 Å². The highest BCUT2D eigenvalue weighted by Crippen LogP contribution is 2.10. The summed E-state index contributed by atoms with van der Waals surface area (Å²) in [5.41, 5.74) is 2.50. The van der Waals surface area contributed by atoms with E-state index < -0.39 is 0 Å². The van der Waals surface area contributed by atoms with Crippen LogP contribution < -0.4 is 10.6 Å². The maximum Gasteiger partial charge on any atom is 0.220 e. The van der Waals surface area contributed by atoms with Crippen LogP contribution in [-0.2, 0) is 22.4 Å². The Bertz CT molecular complexity index is 709. The molecule has 0 bridgehead atoms. The molecular weight excluding hydrogens is 396 g/mol. The van der Waals surface area contributed by atoms with Gasteiger partial charge in [-0.2, -0.15) is 0 Å². The molecule has 2 atom stereocenters. The molecule has 174 valence electrons. The highest BCUT2D eigenvalue weighted by molar-refractivity contribution is 5.76. The van der Waals surface area contributed by atoms with E-state index in [-0.39, 0.29) is 23.9 Å². The molecule has 2 rings (SSSR count). The standard InChI is InChI=1S/C28H40N2O2/c1-23(21-25-15-9-7-10-16-25)29-27(31)19-13-5-3-4-6-14-20-28(32)30-24(2)22-26-17-11-8-12-18-26/h7-12,15-18,23-24H,3-6,13-14,19-22H2,1-2H3,(H,29,31)(H,30,32)/t23-,24-/m1/s1. The van der Waals surface area contributed by atoms with Crippen molar-refractivity contribution in [3.63, 3.8) is 0 Å². The van der Waals surface area contributed by atoms with Gasteiger partial charge in [0.1, 0.15) is 0 Å². The number of hydrogen-bond donors (Lipinski definition) is 2. The van der Waals surface area contributed by atoms with Crippen molar-refractivity contribution in [1.29, 1.82) is 0 Å². The zero-order valence-electron chi connectivity index (χ0n) is 19.8. The molecule has 32 heavy (non-hydrogen) atoms. The zero-order chi connectivity index (χ0) is 23.0. The molecule has 0 aliphatic carbocycles. The Morgan fingerprint density at radius 2 is 0.938 bits per heavy atom. The second kappa shape index (κ2) is 15.2. The summed E-state index contributed by atoms with van der Waals surface area (Å²) >= 11 is 0. The first kappa shape index (κ1) is 25.6. The van der Waals surface area contributed by atoms with Crippen LogP contribution in [0.25, 0.3) is 0 Å². The largest absolute Gasteiger partial charge is 0.353 e. The summed E-state index contributed by atoms with van der Waals surface area (Å²) < 4.78 is 0. The minimum Gasteiger partial charge on any atom is -0.353 e. The molecule has 2 aromatic rings. The number of carbonyl (C=O) groups excluding carboxylic acids is 2. The molecule has 0 saturated carbocycles. The Hall–Kier alpha value is -2.62. The lowest BCUT2D eigenvalue weighted by Gasteiger charge is -2.14. The van der Waals surface area contributed by atoms with Crippen LogP contribution in [-0.4, -0.2) is 23.9 Å². The van der Waals surface area contributed by atoms with Crippen molar-refractivity contribution in [2.75, 3.05) is 0 Å². The van der Waals surface area contributed by atoms with Gasteiger partial charge in [-0.1, -0.05) is 86.3 Å². The van der Waals surface area contributed by atoms with E-state index in [9.17, 15) is 9.59 Å². The van der Waals surface area contributed by atoms with Gasteiger partial charge in [-0.15, -0.1) is 0 Å². The lowest BCUT2D eigenvalue weighted by atomic mass is 10.1. The number of amides is 2. The van der Waals surface area contributed by atoms with Crippen LogP contribution in [0.4, 0.5) is 0 Å². The van der Waals surface area contributed by atoms with Crippen LogP contribution in [0, 0.1) is 0 Å². The van der Waals surface area contributed by atoms with E-state index in [0.29, 0.717) is 12.8 Å². The van der Waals surface area contributed by atoms with Crippen molar-refractivity contribution in [3.8, 4) is 0 Å². The average Bonchev–Trinajstić information content (AvgIpc) is 2.76. The van der Waals surface area contributed by atoms with Crippen LogP contribution in [0.5, 0.6) is 0 Å². The molecule has 0 spiro atoms. The van der Waals surface area contributed by atoms with Gasteiger partial charge in [0.15, 0.2) is 0 Å². The fraction of sp³-hybridized carbons (Fsp3) is 0.500. The molecule has 0 heterocycles. The van der Waals surface area contributed by atoms with Crippen molar-refractivity contribution in [2.24, 2.45) is 0 Å². The summed E-state index contributed by atoms with van der Waals surface area (Å²) in [6, 6.07) is 20.8. The minimum absolute atomic E-state index is 0.148. The van der Waals surface area contributed by atoms with Gasteiger partial charge in [-0.3, -0.25) is 9.59 Å². The molecular formula is C28H40N2O2. The van der Waals surface area contributed by atoms with Gasteiger partial charge in [0.05, 0.1) is 0 Å². The van der Waals surface area contributed by atoms with Gasteiger partial charge in [0.2, 0.25) is 11.8 Å². The van der Waals surface area contributed by atoms with Crippen molar-refractivity contribution in [2.45, 2.75) is 90.1 Å². The van der Waals surface area contributed by atoms with Gasteiger partial charge in [-0.05, 0) is 50.7 Å². The van der Waals surface area contributed by atoms with Gasteiger partial charge in [0.25, 0.3) is 0 Å². The SMILES string of the molecule is C[C@H](Cc1ccccc1)NC(=O)CCCCCCCCC(=O)N[C@H](C)Cc1ccccc1. The predicted octanol–water partition coefficient (Wildman–Crippen LogP) is 5.60. The number of benzene rings is 2. The Kier molecular flexibility index (Phi) is 12.2. The third kappa shape index (κ3) is 11.7. The Morgan fingerprint density at radius 1 is 0.594 bits per heavy atom. The molecule has 2 N–H and O–H groups in total. The maximum atomic E-state index is 12.1. The van der Waals surface area contributed by atoms with Crippen molar-refractivity contribution in [3.05, 3.63) is 71.8 Å². The Labute approximate surface area is 194 Å². The molecule has 0 radical (unpaired) electrons. The van der Waals surface area contributed by atoms with Gasteiger partial charge in [-0.25, -0.2) is 0 Å². The molecule has 2 aromatic carbocycles. The molecule has 2 amide bonds. The van der Waals surface area contributed by atoms with Gasteiger partial charge >= 0.3 is 0 Å². The molecule has 0 aromatic heterocycles. The summed E-state index contributed by atoms with van der Waals surface area (Å²) in [4.78, 5) is 24.2. The summed E-state index contributed by atoms with van der Waals surface area (Å²) in [5.74, 6) is 0.296. The predicted molar refractivity (Wildman–Crippen MR) is 132 cm³/mol. The normalized spacial score (nSPS) is 12.7. The van der Waals surface area contributed by atoms with Crippen molar-refractivity contribution < 1.29 is 9.59 Å². The lowest BCUT2D eigenvalue weighted by molar-refractivity contribution is -0.122. The van der Waals surface area contributed by atoms with Crippen LogP contribution in [0.3, 0.4) is 0 Å². The van der Waals surface area contributed by atoms with E-state index in [0.717, 1.165) is 51.4 Å². The van der Waals surface area contributed by atoms with E-state index in [1.165, 1.54) is 11.1 Å². The maximum absolute atomic E-state index is 12.1. The number of nitrogens with one attached hydrogen (secondary N) is 2. The molecule has 0 aliphatic rings. The topological polar surface area (TPSA) is 58.2 Å². The summed E-state index contributed by atoms with van der Waals surface area (Å²) in [6.07, 6.45) is 9.18. The molecule has 0 aliphatic heterocycles. The molecule has 4 nitrogen and oxygen atoms in total. The first-order valence-corrected chi connectivity index (χ1v) is 12.2. The highest BCUT2D eigenvalue weighted by atomic mass is 16.2. The van der Waals surface area contributed by atoms with E-state index in [2.05, 4.69) is 48.7 Å². The molecule has 0 fully saturated rings. The third-order valence-corrected chi connectivity index (χ3v) is 5.64. The van der Waals surface area contributed by atoms with Gasteiger partial charge < -0.3 is 10.6 Å². The number of carbonyl (C=O) groups is 2. The van der Waals surface area contributed by atoms with Crippen molar-refractivity contribution in [1.82, 2.24) is 10.6 Å². The lowest BCUT2D eigenvalue weighted by Crippen LogP contribution is -2.33. The monoisotopic (exact) mass is 436 g/mol. The van der Waals surface area contributed by atoms with Gasteiger partial charge in [0, 0.05) is 24.9 Å². The summed E-state index contributed by atoms with van der Waals surface area (Å²) in [6.45, 7) is 4.12. The van der Waals surface area contributed by atoms with E-state index >= 15 is 0 Å². The second-order valence-corrected chi connectivity index (χ2v) is 8.94. The van der Waals surface area contributed by atoms with Crippen LogP contribution in [0.15, 0.2) is 60.7 Å². The summed E-state index contributed by atoms with van der Waals surface area (Å²) in [7, 11) is 0. The van der Waals surface area contributed by atoms with E-state index in [4.69, 9.17) is 0 Å². The van der Waals surface area contributed by atoms with Crippen LogP contribution in [0.2, 0.25) is 0 Å². The first-order chi connectivity index (χ1) is 15.5. The fourth-order valence-electron chi connectivity index (χ4n) is 4.01. The van der Waals surface area contributed by atoms with Crippen molar-refractivity contribution >= 4 is 11.8 Å². The Balaban J connectivity index is 1.43. The second-order valence-electron chi connectivity index (χ2n) is 8.94.